The van der Waals surface area contributed by atoms with Crippen LogP contribution in [0.5, 0.6) is 0 Å². The van der Waals surface area contributed by atoms with Crippen LogP contribution in [0.15, 0.2) is 22.7 Å². The minimum atomic E-state index is -0.631. The number of hydrogen-bond acceptors (Lipinski definition) is 5. The average Bonchev–Trinajstić information content (AvgIpc) is 2.57. The van der Waals surface area contributed by atoms with Gasteiger partial charge in [-0.1, -0.05) is 11.6 Å². The number of carbonyl (C=O) groups is 1. The third kappa shape index (κ3) is 3.61. The van der Waals surface area contributed by atoms with Crippen LogP contribution in [0.25, 0.3) is 0 Å². The van der Waals surface area contributed by atoms with Crippen LogP contribution in [-0.4, -0.2) is 15.6 Å². The highest BCUT2D eigenvalue weighted by atomic mass is 79.9. The van der Waals surface area contributed by atoms with Gasteiger partial charge in [-0.3, -0.25) is 25.0 Å². The minimum absolute atomic E-state index is 0.0430. The molecule has 2 rings (SSSR count). The van der Waals surface area contributed by atoms with Crippen molar-refractivity contribution >= 4 is 39.0 Å². The molecule has 136 valence electrons. The number of nitrogens with zero attached hydrogens (tertiary/aromatic N) is 2. The highest BCUT2D eigenvalue weighted by molar-refractivity contribution is 9.10. The monoisotopic (exact) mass is 440 g/mol. The zero-order valence-electron chi connectivity index (χ0n) is 14.1. The summed E-state index contributed by atoms with van der Waals surface area (Å²) < 4.78 is 0.474. The quantitative estimate of drug-likeness (QED) is 0.371. The van der Waals surface area contributed by atoms with E-state index in [1.807, 2.05) is 0 Å². The van der Waals surface area contributed by atoms with E-state index in [-0.39, 0.29) is 27.4 Å². The molecule has 0 fully saturated rings. The van der Waals surface area contributed by atoms with E-state index >= 15 is 0 Å². The number of benzene rings is 2. The predicted octanol–water partition coefficient (Wildman–Crippen LogP) is 4.94. The Kier molecular flexibility index (Phi) is 5.77. The van der Waals surface area contributed by atoms with E-state index in [0.29, 0.717) is 10.0 Å². The highest BCUT2D eigenvalue weighted by Crippen LogP contribution is 2.35. The first-order valence-corrected chi connectivity index (χ1v) is 8.61. The topological polar surface area (TPSA) is 103 Å². The normalized spacial score (nSPS) is 10.7. The number of non-ortho nitro benzene ring substituents is 1. The van der Waals surface area contributed by atoms with E-state index in [1.54, 1.807) is 20.8 Å². The highest BCUT2D eigenvalue weighted by Gasteiger charge is 2.27. The molecule has 0 bridgehead atoms. The lowest BCUT2D eigenvalue weighted by molar-refractivity contribution is -0.497. The van der Waals surface area contributed by atoms with Crippen LogP contribution in [0, 0.1) is 41.0 Å². The number of halogens is 2. The molecule has 2 aromatic rings. The summed E-state index contributed by atoms with van der Waals surface area (Å²) in [5, 5.41) is 22.2. The smallest absolute Gasteiger partial charge is 0.270 e. The van der Waals surface area contributed by atoms with Gasteiger partial charge in [0.05, 0.1) is 9.95 Å². The maximum atomic E-state index is 13.1. The summed E-state index contributed by atoms with van der Waals surface area (Å²) in [7, 11) is 0. The molecule has 0 spiro atoms. The summed E-state index contributed by atoms with van der Waals surface area (Å²) in [6, 6.07) is 3.55. The molecule has 0 N–H and O–H groups in total. The number of nitro benzene ring substituents is 1. The fourth-order valence-corrected chi connectivity index (χ4v) is 3.54. The van der Waals surface area contributed by atoms with E-state index in [9.17, 15) is 25.0 Å². The van der Waals surface area contributed by atoms with Crippen molar-refractivity contribution in [2.45, 2.75) is 27.3 Å². The lowest BCUT2D eigenvalue weighted by Gasteiger charge is -2.17. The van der Waals surface area contributed by atoms with Gasteiger partial charge in [0, 0.05) is 38.2 Å². The van der Waals surface area contributed by atoms with Gasteiger partial charge in [-0.2, -0.15) is 0 Å². The number of ketones is 1. The Morgan fingerprint density at radius 3 is 2.27 bits per heavy atom. The molecule has 0 saturated heterocycles. The summed E-state index contributed by atoms with van der Waals surface area (Å²) in [5.41, 5.74) is 2.19. The molecule has 0 aromatic heterocycles. The molecule has 26 heavy (non-hydrogen) atoms. The van der Waals surface area contributed by atoms with Gasteiger partial charge in [-0.05, 0) is 59.5 Å². The molecule has 0 atom stereocenters. The lowest BCUT2D eigenvalue weighted by Crippen LogP contribution is -2.14. The molecule has 2 aromatic carbocycles. The van der Waals surface area contributed by atoms with Gasteiger partial charge in [0.1, 0.15) is 0 Å². The Labute approximate surface area is 162 Å². The van der Waals surface area contributed by atoms with Crippen molar-refractivity contribution in [2.24, 2.45) is 0 Å². The van der Waals surface area contributed by atoms with E-state index in [4.69, 9.17) is 11.6 Å². The Bertz CT molecular complexity index is 959. The SMILES string of the molecule is Cc1c(C)c(Br)c(C[N+](=O)[O-])c(C(=O)c2cc([N+](=O)[O-])ccc2Cl)c1C. The molecule has 0 radical (unpaired) electrons. The van der Waals surface area contributed by atoms with Crippen molar-refractivity contribution in [3.63, 3.8) is 0 Å². The fourth-order valence-electron chi connectivity index (χ4n) is 2.72. The van der Waals surface area contributed by atoms with Crippen molar-refractivity contribution in [3.05, 3.63) is 81.3 Å². The van der Waals surface area contributed by atoms with Crippen LogP contribution < -0.4 is 0 Å². The van der Waals surface area contributed by atoms with Crippen LogP contribution in [0.1, 0.15) is 38.2 Å². The van der Waals surface area contributed by atoms with Crippen molar-refractivity contribution < 1.29 is 14.6 Å². The van der Waals surface area contributed by atoms with Gasteiger partial charge < -0.3 is 0 Å². The fraction of sp³-hybridized carbons (Fsp3) is 0.235. The van der Waals surface area contributed by atoms with Crippen LogP contribution in [-0.2, 0) is 6.54 Å². The Morgan fingerprint density at radius 2 is 1.73 bits per heavy atom. The first kappa shape index (κ1) is 20.0. The van der Waals surface area contributed by atoms with Crippen LogP contribution in [0.2, 0.25) is 5.02 Å². The predicted molar refractivity (Wildman–Crippen MR) is 101 cm³/mol. The third-order valence-electron chi connectivity index (χ3n) is 4.32. The molecule has 7 nitrogen and oxygen atoms in total. The molecular formula is C17H14BrClN2O5. The third-order valence-corrected chi connectivity index (χ3v) is 5.72. The van der Waals surface area contributed by atoms with E-state index in [0.717, 1.165) is 17.2 Å². The molecule has 0 heterocycles. The Balaban J connectivity index is 2.79. The minimum Gasteiger partial charge on any atom is -0.289 e. The molecule has 0 aliphatic heterocycles. The number of rotatable bonds is 5. The van der Waals surface area contributed by atoms with Crippen molar-refractivity contribution in [1.29, 1.82) is 0 Å². The first-order chi connectivity index (χ1) is 12.1. The van der Waals surface area contributed by atoms with E-state index in [2.05, 4.69) is 15.9 Å². The molecule has 9 heteroatoms. The summed E-state index contributed by atoms with van der Waals surface area (Å²) in [4.78, 5) is 34.1. The summed E-state index contributed by atoms with van der Waals surface area (Å²) >= 11 is 9.42. The molecule has 0 aliphatic rings. The second kappa shape index (κ2) is 7.51. The van der Waals surface area contributed by atoms with Gasteiger partial charge in [-0.25, -0.2) is 0 Å². The first-order valence-electron chi connectivity index (χ1n) is 7.44. The van der Waals surface area contributed by atoms with E-state index < -0.39 is 22.2 Å². The second-order valence-corrected chi connectivity index (χ2v) is 6.98. The maximum absolute atomic E-state index is 13.1. The van der Waals surface area contributed by atoms with Gasteiger partial charge in [0.15, 0.2) is 5.78 Å². The van der Waals surface area contributed by atoms with E-state index in [1.165, 1.54) is 12.1 Å². The van der Waals surface area contributed by atoms with Gasteiger partial charge in [0.2, 0.25) is 6.54 Å². The largest absolute Gasteiger partial charge is 0.289 e. The summed E-state index contributed by atoms with van der Waals surface area (Å²) in [6.45, 7) is 4.73. The molecule has 0 saturated carbocycles. The number of carbonyl (C=O) groups excluding carboxylic acids is 1. The average molecular weight is 442 g/mol. The number of hydrogen-bond donors (Lipinski definition) is 0. The molecular weight excluding hydrogens is 428 g/mol. The second-order valence-electron chi connectivity index (χ2n) is 5.78. The maximum Gasteiger partial charge on any atom is 0.270 e. The zero-order chi connectivity index (χ0) is 19.8. The van der Waals surface area contributed by atoms with Crippen LogP contribution >= 0.6 is 27.5 Å². The van der Waals surface area contributed by atoms with Crippen molar-refractivity contribution in [2.75, 3.05) is 0 Å². The number of nitro groups is 2. The molecule has 0 amide bonds. The molecule has 0 unspecified atom stereocenters. The summed E-state index contributed by atoms with van der Waals surface area (Å²) in [5.74, 6) is -0.586. The Hall–Kier alpha value is -2.32. The van der Waals surface area contributed by atoms with Crippen LogP contribution in [0.3, 0.4) is 0 Å². The molecule has 0 aliphatic carbocycles. The standard InChI is InChI=1S/C17H14BrClN2O5/c1-8-9(2)15(13(7-20(23)24)16(18)10(8)3)17(22)12-6-11(21(25)26)4-5-14(12)19/h4-6H,7H2,1-3H3. The van der Waals surface area contributed by atoms with Gasteiger partial charge in [0.25, 0.3) is 5.69 Å². The van der Waals surface area contributed by atoms with Crippen molar-refractivity contribution in [1.82, 2.24) is 0 Å². The van der Waals surface area contributed by atoms with Crippen LogP contribution in [0.4, 0.5) is 5.69 Å². The van der Waals surface area contributed by atoms with Gasteiger partial charge in [-0.15, -0.1) is 0 Å². The van der Waals surface area contributed by atoms with Crippen molar-refractivity contribution in [3.8, 4) is 0 Å². The zero-order valence-corrected chi connectivity index (χ0v) is 16.5. The Morgan fingerprint density at radius 1 is 1.12 bits per heavy atom. The lowest BCUT2D eigenvalue weighted by atomic mass is 9.88. The van der Waals surface area contributed by atoms with Gasteiger partial charge >= 0.3 is 0 Å². The summed E-state index contributed by atoms with van der Waals surface area (Å²) in [6.07, 6.45) is 0.